The molecule has 0 unspecified atom stereocenters. The normalized spacial score (nSPS) is 13.4. The Morgan fingerprint density at radius 2 is 2.36 bits per heavy atom. The number of nitrogens with two attached hydrogens (primary N) is 1. The maximum Gasteiger partial charge on any atom is 0.137 e. The quantitative estimate of drug-likeness (QED) is 0.761. The first kappa shape index (κ1) is 9.21. The number of aryl methyl sites for hydroxylation is 1. The van der Waals surface area contributed by atoms with Crippen LogP contribution in [-0.2, 0) is 0 Å². The molecule has 0 aliphatic rings. The Labute approximate surface area is 83.3 Å². The maximum absolute atomic E-state index is 6.01. The summed E-state index contributed by atoms with van der Waals surface area (Å²) in [7, 11) is 0. The number of aromatic nitrogens is 2. The van der Waals surface area contributed by atoms with E-state index in [1.165, 1.54) is 11.1 Å². The summed E-state index contributed by atoms with van der Waals surface area (Å²) < 4.78 is 0. The van der Waals surface area contributed by atoms with Gasteiger partial charge in [0.1, 0.15) is 5.65 Å². The Bertz CT molecular complexity index is 445. The van der Waals surface area contributed by atoms with Gasteiger partial charge >= 0.3 is 0 Å². The van der Waals surface area contributed by atoms with E-state index >= 15 is 0 Å². The fraction of sp³-hybridized carbons (Fsp3) is 0.364. The number of hydrogen-bond acceptors (Lipinski definition) is 2. The third-order valence-corrected chi connectivity index (χ3v) is 2.54. The van der Waals surface area contributed by atoms with Gasteiger partial charge in [-0.3, -0.25) is 0 Å². The van der Waals surface area contributed by atoms with Gasteiger partial charge in [-0.25, -0.2) is 4.98 Å². The lowest BCUT2D eigenvalue weighted by Gasteiger charge is -2.06. The van der Waals surface area contributed by atoms with E-state index in [0.717, 1.165) is 17.5 Å². The molecule has 0 spiro atoms. The van der Waals surface area contributed by atoms with Crippen LogP contribution in [0.2, 0.25) is 0 Å². The fourth-order valence-corrected chi connectivity index (χ4v) is 1.65. The van der Waals surface area contributed by atoms with E-state index in [2.05, 4.69) is 23.0 Å². The molecule has 0 aliphatic heterocycles. The predicted octanol–water partition coefficient (Wildman–Crippen LogP) is 2.28. The molecule has 3 heteroatoms. The van der Waals surface area contributed by atoms with Crippen molar-refractivity contribution in [1.29, 1.82) is 0 Å². The van der Waals surface area contributed by atoms with Crippen LogP contribution in [-0.4, -0.2) is 9.97 Å². The minimum Gasteiger partial charge on any atom is -0.346 e. The van der Waals surface area contributed by atoms with Crippen molar-refractivity contribution in [3.8, 4) is 0 Å². The number of H-pyrrole nitrogens is 1. The molecule has 0 amide bonds. The largest absolute Gasteiger partial charge is 0.346 e. The van der Waals surface area contributed by atoms with Crippen LogP contribution >= 0.6 is 0 Å². The Hall–Kier alpha value is -1.35. The smallest absolute Gasteiger partial charge is 0.137 e. The van der Waals surface area contributed by atoms with Gasteiger partial charge in [0.2, 0.25) is 0 Å². The van der Waals surface area contributed by atoms with Crippen molar-refractivity contribution in [3.05, 3.63) is 29.6 Å². The summed E-state index contributed by atoms with van der Waals surface area (Å²) in [6.07, 6.45) is 4.77. The Balaban J connectivity index is 2.61. The Morgan fingerprint density at radius 1 is 1.57 bits per heavy atom. The molecule has 74 valence electrons. The molecular formula is C11H15N3. The van der Waals surface area contributed by atoms with Crippen molar-refractivity contribution in [3.63, 3.8) is 0 Å². The fourth-order valence-electron chi connectivity index (χ4n) is 1.65. The predicted molar refractivity (Wildman–Crippen MR) is 58.1 cm³/mol. The lowest BCUT2D eigenvalue weighted by atomic mass is 10.1. The first-order valence-corrected chi connectivity index (χ1v) is 4.91. The molecule has 0 aromatic carbocycles. The van der Waals surface area contributed by atoms with E-state index in [0.29, 0.717) is 0 Å². The van der Waals surface area contributed by atoms with Gasteiger partial charge in [-0.1, -0.05) is 6.92 Å². The zero-order valence-corrected chi connectivity index (χ0v) is 8.54. The molecule has 0 bridgehead atoms. The third kappa shape index (κ3) is 1.40. The van der Waals surface area contributed by atoms with Gasteiger partial charge in [0.15, 0.2) is 0 Å². The van der Waals surface area contributed by atoms with Crippen molar-refractivity contribution in [1.82, 2.24) is 9.97 Å². The van der Waals surface area contributed by atoms with E-state index in [1.807, 2.05) is 19.3 Å². The number of hydrogen-bond donors (Lipinski definition) is 2. The van der Waals surface area contributed by atoms with E-state index in [-0.39, 0.29) is 6.04 Å². The average molecular weight is 189 g/mol. The molecule has 2 heterocycles. The zero-order chi connectivity index (χ0) is 10.1. The molecule has 2 rings (SSSR count). The van der Waals surface area contributed by atoms with Crippen molar-refractivity contribution < 1.29 is 0 Å². The van der Waals surface area contributed by atoms with Crippen molar-refractivity contribution >= 4 is 11.0 Å². The summed E-state index contributed by atoms with van der Waals surface area (Å²) in [4.78, 5) is 7.45. The van der Waals surface area contributed by atoms with E-state index in [1.54, 1.807) is 0 Å². The monoisotopic (exact) mass is 189 g/mol. The van der Waals surface area contributed by atoms with Crippen LogP contribution in [0.3, 0.4) is 0 Å². The minimum atomic E-state index is 0.104. The molecule has 0 saturated heterocycles. The third-order valence-electron chi connectivity index (χ3n) is 2.54. The van der Waals surface area contributed by atoms with Crippen LogP contribution in [0, 0.1) is 6.92 Å². The number of pyridine rings is 1. The molecule has 0 fully saturated rings. The number of nitrogens with one attached hydrogen (secondary N) is 1. The van der Waals surface area contributed by atoms with Crippen molar-refractivity contribution in [2.45, 2.75) is 26.3 Å². The van der Waals surface area contributed by atoms with Crippen molar-refractivity contribution in [2.24, 2.45) is 5.73 Å². The van der Waals surface area contributed by atoms with E-state index in [9.17, 15) is 0 Å². The molecule has 3 nitrogen and oxygen atoms in total. The number of aromatic amines is 1. The van der Waals surface area contributed by atoms with Crippen LogP contribution in [0.4, 0.5) is 0 Å². The molecule has 14 heavy (non-hydrogen) atoms. The highest BCUT2D eigenvalue weighted by atomic mass is 14.8. The van der Waals surface area contributed by atoms with Gasteiger partial charge in [0.25, 0.3) is 0 Å². The van der Waals surface area contributed by atoms with E-state index < -0.39 is 0 Å². The summed E-state index contributed by atoms with van der Waals surface area (Å²) in [5.41, 5.74) is 9.27. The number of rotatable bonds is 2. The number of fused-ring (bicyclic) bond motifs is 1. The molecular weight excluding hydrogens is 174 g/mol. The summed E-state index contributed by atoms with van der Waals surface area (Å²) >= 11 is 0. The lowest BCUT2D eigenvalue weighted by molar-refractivity contribution is 0.704. The van der Waals surface area contributed by atoms with Gasteiger partial charge in [0, 0.05) is 23.8 Å². The highest BCUT2D eigenvalue weighted by Crippen LogP contribution is 2.23. The van der Waals surface area contributed by atoms with Gasteiger partial charge in [-0.2, -0.15) is 0 Å². The van der Waals surface area contributed by atoms with Crippen LogP contribution in [0.15, 0.2) is 18.5 Å². The second-order valence-electron chi connectivity index (χ2n) is 3.67. The maximum atomic E-state index is 6.01. The average Bonchev–Trinajstić information content (AvgIpc) is 2.59. The summed E-state index contributed by atoms with van der Waals surface area (Å²) in [6.45, 7) is 4.13. The van der Waals surface area contributed by atoms with Gasteiger partial charge in [-0.05, 0) is 30.5 Å². The molecule has 2 aromatic heterocycles. The standard InChI is InChI=1S/C11H15N3/c1-3-10(12)9-6-14-11-8(9)4-7(2)5-13-11/h4-6,10H,3,12H2,1-2H3,(H,13,14)/t10-/m0/s1. The SMILES string of the molecule is CC[C@H](N)c1c[nH]c2ncc(C)cc12. The molecule has 0 radical (unpaired) electrons. The molecule has 0 aliphatic carbocycles. The molecule has 0 saturated carbocycles. The van der Waals surface area contributed by atoms with Gasteiger partial charge in [-0.15, -0.1) is 0 Å². The molecule has 2 aromatic rings. The first-order valence-electron chi connectivity index (χ1n) is 4.91. The highest BCUT2D eigenvalue weighted by Gasteiger charge is 2.10. The van der Waals surface area contributed by atoms with Gasteiger partial charge < -0.3 is 10.7 Å². The first-order chi connectivity index (χ1) is 6.72. The topological polar surface area (TPSA) is 54.7 Å². The Morgan fingerprint density at radius 3 is 3.07 bits per heavy atom. The van der Waals surface area contributed by atoms with Crippen LogP contribution in [0.1, 0.15) is 30.5 Å². The lowest BCUT2D eigenvalue weighted by Crippen LogP contribution is -2.07. The van der Waals surface area contributed by atoms with Crippen LogP contribution < -0.4 is 5.73 Å². The Kier molecular flexibility index (Phi) is 2.25. The van der Waals surface area contributed by atoms with Crippen molar-refractivity contribution in [2.75, 3.05) is 0 Å². The summed E-state index contributed by atoms with van der Waals surface area (Å²) in [6, 6.07) is 2.23. The molecule has 3 N–H and O–H groups in total. The van der Waals surface area contributed by atoms with Gasteiger partial charge in [0.05, 0.1) is 0 Å². The van der Waals surface area contributed by atoms with Crippen LogP contribution in [0.25, 0.3) is 11.0 Å². The summed E-state index contributed by atoms with van der Waals surface area (Å²) in [5, 5.41) is 1.15. The van der Waals surface area contributed by atoms with E-state index in [4.69, 9.17) is 5.73 Å². The highest BCUT2D eigenvalue weighted by molar-refractivity contribution is 5.80. The summed E-state index contributed by atoms with van der Waals surface area (Å²) in [5.74, 6) is 0. The molecule has 1 atom stereocenters. The number of nitrogens with zero attached hydrogens (tertiary/aromatic N) is 1. The zero-order valence-electron chi connectivity index (χ0n) is 8.54. The minimum absolute atomic E-state index is 0.104. The second-order valence-corrected chi connectivity index (χ2v) is 3.67. The second kappa shape index (κ2) is 3.42. The van der Waals surface area contributed by atoms with Crippen LogP contribution in [0.5, 0.6) is 0 Å².